The van der Waals surface area contributed by atoms with Crippen molar-refractivity contribution >= 4 is 23.6 Å². The monoisotopic (exact) mass is 367 g/mol. The first-order valence-corrected chi connectivity index (χ1v) is 9.63. The zero-order valence-electron chi connectivity index (χ0n) is 15.1. The van der Waals surface area contributed by atoms with Crippen LogP contribution in [0.4, 0.5) is 0 Å². The van der Waals surface area contributed by atoms with Gasteiger partial charge in [0.2, 0.25) is 11.8 Å². The second-order valence-corrected chi connectivity index (χ2v) is 7.91. The van der Waals surface area contributed by atoms with Gasteiger partial charge in [0.25, 0.3) is 0 Å². The van der Waals surface area contributed by atoms with E-state index in [1.807, 2.05) is 19.3 Å². The molecule has 3 unspecified atom stereocenters. The van der Waals surface area contributed by atoms with E-state index in [1.165, 1.54) is 5.01 Å². The topological polar surface area (TPSA) is 105 Å². The highest BCUT2D eigenvalue weighted by Gasteiger charge is 2.39. The van der Waals surface area contributed by atoms with Gasteiger partial charge in [-0.25, -0.2) is 5.84 Å². The molecule has 5 N–H and O–H groups in total. The number of amides is 2. The Morgan fingerprint density at radius 3 is 2.72 bits per heavy atom. The van der Waals surface area contributed by atoms with Crippen molar-refractivity contribution in [2.24, 2.45) is 17.5 Å². The zero-order valence-corrected chi connectivity index (χ0v) is 16.0. The maximum atomic E-state index is 13.1. The molecule has 2 amide bonds. The number of carbonyl (C=O) groups excluding carboxylic acids is 2. The maximum absolute atomic E-state index is 13.1. The lowest BCUT2D eigenvalue weighted by atomic mass is 10.0. The number of carbonyl (C=O) groups is 2. The van der Waals surface area contributed by atoms with Crippen molar-refractivity contribution in [1.29, 1.82) is 0 Å². The third-order valence-electron chi connectivity index (χ3n) is 4.65. The highest BCUT2D eigenvalue weighted by Crippen LogP contribution is 2.28. The summed E-state index contributed by atoms with van der Waals surface area (Å²) in [5.74, 6) is 5.95. The number of likely N-dealkylation sites (N-methyl/N-ethyl adjacent to an activating group) is 1. The van der Waals surface area contributed by atoms with Gasteiger partial charge in [-0.15, -0.1) is 11.8 Å². The Morgan fingerprint density at radius 2 is 2.16 bits per heavy atom. The fourth-order valence-electron chi connectivity index (χ4n) is 3.33. The lowest BCUT2D eigenvalue weighted by Crippen LogP contribution is -2.55. The molecule has 2 heterocycles. The third-order valence-corrected chi connectivity index (χ3v) is 5.79. The van der Waals surface area contributed by atoms with Gasteiger partial charge in [-0.1, -0.05) is 19.9 Å². The van der Waals surface area contributed by atoms with Gasteiger partial charge >= 0.3 is 0 Å². The SMILES string of the molecule is CNC(=O)C1CCCN1C(=O)C(C(C)C)N(N)/C=C(\N)C1CC=CS1. The molecule has 2 aliphatic rings. The van der Waals surface area contributed by atoms with Crippen LogP contribution in [-0.4, -0.2) is 52.6 Å². The normalized spacial score (nSPS) is 24.7. The van der Waals surface area contributed by atoms with Crippen LogP contribution in [0.5, 0.6) is 0 Å². The summed E-state index contributed by atoms with van der Waals surface area (Å²) in [6, 6.07) is -0.966. The maximum Gasteiger partial charge on any atom is 0.247 e. The Kier molecular flexibility index (Phi) is 6.78. The third kappa shape index (κ3) is 4.49. The van der Waals surface area contributed by atoms with Gasteiger partial charge in [-0.3, -0.25) is 9.59 Å². The zero-order chi connectivity index (χ0) is 18.6. The number of allylic oxidation sites excluding steroid dienone is 1. The molecule has 0 aliphatic carbocycles. The van der Waals surface area contributed by atoms with E-state index in [0.717, 1.165) is 12.8 Å². The van der Waals surface area contributed by atoms with Gasteiger partial charge in [-0.2, -0.15) is 0 Å². The first kappa shape index (κ1) is 19.7. The number of hydrogen-bond acceptors (Lipinski definition) is 6. The van der Waals surface area contributed by atoms with Gasteiger partial charge in [-0.05, 0) is 30.6 Å². The summed E-state index contributed by atoms with van der Waals surface area (Å²) in [5, 5.41) is 6.25. The molecule has 0 aromatic carbocycles. The lowest BCUT2D eigenvalue weighted by Gasteiger charge is -2.34. The molecule has 2 rings (SSSR count). The number of nitrogens with one attached hydrogen (secondary N) is 1. The molecular formula is C17H29N5O2S. The van der Waals surface area contributed by atoms with Gasteiger partial charge in [0.1, 0.15) is 12.1 Å². The van der Waals surface area contributed by atoms with Crippen LogP contribution in [0.2, 0.25) is 0 Å². The fraction of sp³-hybridized carbons (Fsp3) is 0.647. The summed E-state index contributed by atoms with van der Waals surface area (Å²) in [6.45, 7) is 4.47. The number of nitrogens with two attached hydrogens (primary N) is 2. The minimum atomic E-state index is -0.553. The number of hydrazine groups is 1. The van der Waals surface area contributed by atoms with Crippen molar-refractivity contribution in [1.82, 2.24) is 15.2 Å². The quantitative estimate of drug-likeness (QED) is 0.472. The van der Waals surface area contributed by atoms with Gasteiger partial charge in [0.15, 0.2) is 0 Å². The van der Waals surface area contributed by atoms with Crippen molar-refractivity contribution in [3.63, 3.8) is 0 Å². The van der Waals surface area contributed by atoms with Crippen molar-refractivity contribution < 1.29 is 9.59 Å². The minimum absolute atomic E-state index is 0.0122. The molecule has 1 saturated heterocycles. The van der Waals surface area contributed by atoms with Crippen LogP contribution in [0.1, 0.15) is 33.1 Å². The molecule has 0 aromatic heterocycles. The van der Waals surface area contributed by atoms with Crippen molar-refractivity contribution in [3.8, 4) is 0 Å². The molecule has 0 bridgehead atoms. The largest absolute Gasteiger partial charge is 0.400 e. The summed E-state index contributed by atoms with van der Waals surface area (Å²) >= 11 is 1.65. The first-order valence-electron chi connectivity index (χ1n) is 8.69. The molecule has 0 aromatic rings. The Balaban J connectivity index is 2.14. The molecule has 0 radical (unpaired) electrons. The molecule has 2 aliphatic heterocycles. The number of thioether (sulfide) groups is 1. The average Bonchev–Trinajstić information content (AvgIpc) is 3.24. The second kappa shape index (κ2) is 8.62. The second-order valence-electron chi connectivity index (χ2n) is 6.80. The Morgan fingerprint density at radius 1 is 1.44 bits per heavy atom. The smallest absolute Gasteiger partial charge is 0.247 e. The number of nitrogens with zero attached hydrogens (tertiary/aromatic N) is 2. The lowest BCUT2D eigenvalue weighted by molar-refractivity contribution is -0.143. The van der Waals surface area contributed by atoms with Crippen LogP contribution < -0.4 is 16.9 Å². The summed E-state index contributed by atoms with van der Waals surface area (Å²) in [5.41, 5.74) is 6.81. The average molecular weight is 368 g/mol. The number of hydrogen-bond donors (Lipinski definition) is 3. The van der Waals surface area contributed by atoms with E-state index >= 15 is 0 Å². The van der Waals surface area contributed by atoms with Gasteiger partial charge < -0.3 is 21.0 Å². The summed E-state index contributed by atoms with van der Waals surface area (Å²) in [7, 11) is 1.59. The molecule has 8 heteroatoms. The molecular weight excluding hydrogens is 338 g/mol. The highest BCUT2D eigenvalue weighted by atomic mass is 32.2. The minimum Gasteiger partial charge on any atom is -0.400 e. The van der Waals surface area contributed by atoms with E-state index in [0.29, 0.717) is 18.7 Å². The van der Waals surface area contributed by atoms with Crippen molar-refractivity contribution in [3.05, 3.63) is 23.4 Å². The van der Waals surface area contributed by atoms with Gasteiger partial charge in [0.05, 0.1) is 5.25 Å². The van der Waals surface area contributed by atoms with Crippen LogP contribution in [-0.2, 0) is 9.59 Å². The first-order chi connectivity index (χ1) is 11.9. The predicted molar refractivity (Wildman–Crippen MR) is 101 cm³/mol. The van der Waals surface area contributed by atoms with Crippen LogP contribution in [0.3, 0.4) is 0 Å². The Hall–Kier alpha value is -1.67. The van der Waals surface area contributed by atoms with E-state index in [1.54, 1.807) is 29.9 Å². The predicted octanol–water partition coefficient (Wildman–Crippen LogP) is 0.743. The Labute approximate surface area is 153 Å². The van der Waals surface area contributed by atoms with E-state index in [-0.39, 0.29) is 23.0 Å². The van der Waals surface area contributed by atoms with Crippen molar-refractivity contribution in [2.75, 3.05) is 13.6 Å². The van der Waals surface area contributed by atoms with E-state index in [2.05, 4.69) is 11.4 Å². The summed E-state index contributed by atoms with van der Waals surface area (Å²) < 4.78 is 0. The van der Waals surface area contributed by atoms with Crippen molar-refractivity contribution in [2.45, 2.75) is 50.4 Å². The van der Waals surface area contributed by atoms with Crippen LogP contribution >= 0.6 is 11.8 Å². The Bertz CT molecular complexity index is 555. The molecule has 140 valence electrons. The molecule has 7 nitrogen and oxygen atoms in total. The molecule has 0 spiro atoms. The van der Waals surface area contributed by atoms with Crippen LogP contribution in [0.15, 0.2) is 23.4 Å². The molecule has 1 fully saturated rings. The summed E-state index contributed by atoms with van der Waals surface area (Å²) in [4.78, 5) is 26.8. The number of likely N-dealkylation sites (tertiary alicyclic amines) is 1. The van der Waals surface area contributed by atoms with Crippen LogP contribution in [0, 0.1) is 5.92 Å². The standard InChI is InChI=1S/C17H29N5O2S/c1-11(2)15(22(19)10-12(18)14-7-5-9-25-14)17(24)21-8-4-6-13(21)16(23)20-3/h5,9-11,13-15H,4,6-8,18-19H2,1-3H3,(H,20,23)/b12-10-. The highest BCUT2D eigenvalue weighted by molar-refractivity contribution is 8.03. The van der Waals surface area contributed by atoms with E-state index in [9.17, 15) is 9.59 Å². The van der Waals surface area contributed by atoms with Crippen LogP contribution in [0.25, 0.3) is 0 Å². The number of rotatable bonds is 6. The van der Waals surface area contributed by atoms with E-state index in [4.69, 9.17) is 11.6 Å². The molecule has 25 heavy (non-hydrogen) atoms. The fourth-order valence-corrected chi connectivity index (χ4v) is 4.18. The molecule has 3 atom stereocenters. The van der Waals surface area contributed by atoms with Gasteiger partial charge in [0, 0.05) is 25.5 Å². The summed E-state index contributed by atoms with van der Waals surface area (Å²) in [6.07, 6.45) is 6.11. The van der Waals surface area contributed by atoms with E-state index < -0.39 is 12.1 Å². The molecule has 0 saturated carbocycles.